The molecule has 0 spiro atoms. The van der Waals surface area contributed by atoms with Crippen LogP contribution in [-0.2, 0) is 16.2 Å². The summed E-state index contributed by atoms with van der Waals surface area (Å²) in [6, 6.07) is 4.70. The number of hydrogen-bond acceptors (Lipinski definition) is 3. The van der Waals surface area contributed by atoms with Gasteiger partial charge in [-0.1, -0.05) is 17.7 Å². The zero-order valence-corrected chi connectivity index (χ0v) is 16.7. The Hall–Kier alpha value is -2.24. The number of carbonyl (C=O) groups is 1. The number of amides is 1. The number of halogens is 6. The van der Waals surface area contributed by atoms with Gasteiger partial charge in [-0.15, -0.1) is 0 Å². The van der Waals surface area contributed by atoms with E-state index in [1.807, 2.05) is 0 Å². The summed E-state index contributed by atoms with van der Waals surface area (Å²) in [5.74, 6) is -3.18. The lowest BCUT2D eigenvalue weighted by Crippen LogP contribution is -2.50. The van der Waals surface area contributed by atoms with Gasteiger partial charge in [-0.25, -0.2) is 17.2 Å². The summed E-state index contributed by atoms with van der Waals surface area (Å²) in [7, 11) is -4.22. The van der Waals surface area contributed by atoms with Crippen molar-refractivity contribution >= 4 is 27.5 Å². The maximum absolute atomic E-state index is 13.4. The van der Waals surface area contributed by atoms with E-state index in [-0.39, 0.29) is 36.8 Å². The fraction of sp³-hybridized carbons (Fsp3) is 0.278. The highest BCUT2D eigenvalue weighted by atomic mass is 35.5. The number of carbonyl (C=O) groups excluding carboxylic acids is 1. The van der Waals surface area contributed by atoms with Crippen molar-refractivity contribution in [3.05, 3.63) is 64.2 Å². The Morgan fingerprint density at radius 3 is 2.17 bits per heavy atom. The molecule has 2 aromatic rings. The normalized spacial score (nSPS) is 16.0. The lowest BCUT2D eigenvalue weighted by molar-refractivity contribution is -0.137. The molecule has 12 heteroatoms. The second-order valence-electron chi connectivity index (χ2n) is 6.47. The van der Waals surface area contributed by atoms with Gasteiger partial charge < -0.3 is 4.90 Å². The smallest absolute Gasteiger partial charge is 0.336 e. The van der Waals surface area contributed by atoms with Crippen molar-refractivity contribution in [1.29, 1.82) is 0 Å². The molecule has 0 aliphatic carbocycles. The number of alkyl halides is 3. The van der Waals surface area contributed by atoms with Gasteiger partial charge in [0.25, 0.3) is 5.91 Å². The second-order valence-corrected chi connectivity index (χ2v) is 8.81. The van der Waals surface area contributed by atoms with E-state index in [2.05, 4.69) is 0 Å². The minimum atomic E-state index is -4.69. The Morgan fingerprint density at radius 1 is 0.967 bits per heavy atom. The molecule has 0 atom stereocenters. The quantitative estimate of drug-likeness (QED) is 0.509. The van der Waals surface area contributed by atoms with Crippen molar-refractivity contribution < 1.29 is 35.2 Å². The summed E-state index contributed by atoms with van der Waals surface area (Å²) >= 11 is 5.80. The van der Waals surface area contributed by atoms with Crippen LogP contribution in [0.3, 0.4) is 0 Å². The van der Waals surface area contributed by atoms with Gasteiger partial charge >= 0.3 is 6.18 Å². The maximum atomic E-state index is 13.4. The van der Waals surface area contributed by atoms with E-state index in [1.54, 1.807) is 0 Å². The summed E-state index contributed by atoms with van der Waals surface area (Å²) in [4.78, 5) is 13.2. The maximum Gasteiger partial charge on any atom is 0.416 e. The Kier molecular flexibility index (Phi) is 6.08. The molecule has 1 aliphatic heterocycles. The summed E-state index contributed by atoms with van der Waals surface area (Å²) < 4.78 is 91.6. The van der Waals surface area contributed by atoms with Crippen LogP contribution in [0.2, 0.25) is 5.02 Å². The average Bonchev–Trinajstić information content (AvgIpc) is 2.70. The number of hydrogen-bond donors (Lipinski definition) is 0. The molecule has 0 unspecified atom stereocenters. The zero-order valence-electron chi connectivity index (χ0n) is 15.1. The molecule has 0 N–H and O–H groups in total. The second kappa shape index (κ2) is 8.12. The molecule has 3 rings (SSSR count). The molecular formula is C18H14ClF5N2O3S. The van der Waals surface area contributed by atoms with E-state index in [0.29, 0.717) is 18.2 Å². The number of nitrogens with zero attached hydrogens (tertiary/aromatic N) is 2. The first-order valence-electron chi connectivity index (χ1n) is 8.52. The molecule has 30 heavy (non-hydrogen) atoms. The summed E-state index contributed by atoms with van der Waals surface area (Å²) in [6.07, 6.45) is -4.69. The molecular weight excluding hydrogens is 455 g/mol. The van der Waals surface area contributed by atoms with Crippen LogP contribution < -0.4 is 0 Å². The van der Waals surface area contributed by atoms with E-state index in [9.17, 15) is 35.2 Å². The zero-order chi connectivity index (χ0) is 22.3. The first-order chi connectivity index (χ1) is 13.9. The highest BCUT2D eigenvalue weighted by Crippen LogP contribution is 2.31. The van der Waals surface area contributed by atoms with Crippen LogP contribution >= 0.6 is 11.6 Å². The predicted octanol–water partition coefficient (Wildman–Crippen LogP) is 3.78. The van der Waals surface area contributed by atoms with Gasteiger partial charge in [0.15, 0.2) is 11.6 Å². The number of sulfonamides is 1. The topological polar surface area (TPSA) is 57.7 Å². The fourth-order valence-corrected chi connectivity index (χ4v) is 4.67. The highest BCUT2D eigenvalue weighted by molar-refractivity contribution is 7.89. The monoisotopic (exact) mass is 468 g/mol. The number of piperazine rings is 1. The van der Waals surface area contributed by atoms with Crippen LogP contribution in [0.5, 0.6) is 0 Å². The molecule has 5 nitrogen and oxygen atoms in total. The Balaban J connectivity index is 1.75. The van der Waals surface area contributed by atoms with Gasteiger partial charge in [-0.3, -0.25) is 4.79 Å². The van der Waals surface area contributed by atoms with Crippen LogP contribution in [0.1, 0.15) is 15.9 Å². The number of rotatable bonds is 3. The van der Waals surface area contributed by atoms with Crippen molar-refractivity contribution in [2.24, 2.45) is 0 Å². The minimum Gasteiger partial charge on any atom is -0.336 e. The molecule has 0 bridgehead atoms. The lowest BCUT2D eigenvalue weighted by atomic mass is 10.1. The highest BCUT2D eigenvalue weighted by Gasteiger charge is 2.35. The third-order valence-electron chi connectivity index (χ3n) is 4.57. The minimum absolute atomic E-state index is 0.105. The Bertz CT molecular complexity index is 1080. The molecule has 1 aliphatic rings. The van der Waals surface area contributed by atoms with Crippen molar-refractivity contribution in [1.82, 2.24) is 9.21 Å². The van der Waals surface area contributed by atoms with Gasteiger partial charge in [0, 0.05) is 26.2 Å². The van der Waals surface area contributed by atoms with E-state index in [0.717, 1.165) is 22.5 Å². The van der Waals surface area contributed by atoms with E-state index >= 15 is 0 Å². The summed E-state index contributed by atoms with van der Waals surface area (Å²) in [5.41, 5.74) is -1.37. The fourth-order valence-electron chi connectivity index (χ4n) is 2.97. The molecule has 0 aromatic heterocycles. The van der Waals surface area contributed by atoms with Gasteiger partial charge in [-0.05, 0) is 30.3 Å². The van der Waals surface area contributed by atoms with Crippen molar-refractivity contribution in [3.63, 3.8) is 0 Å². The molecule has 1 heterocycles. The van der Waals surface area contributed by atoms with Gasteiger partial charge in [-0.2, -0.15) is 17.5 Å². The third-order valence-corrected chi connectivity index (χ3v) is 6.77. The van der Waals surface area contributed by atoms with Crippen molar-refractivity contribution in [3.8, 4) is 0 Å². The van der Waals surface area contributed by atoms with Crippen molar-refractivity contribution in [2.45, 2.75) is 11.1 Å². The van der Waals surface area contributed by atoms with Crippen LogP contribution in [0.15, 0.2) is 41.3 Å². The molecule has 1 amide bonds. The predicted molar refractivity (Wildman–Crippen MR) is 97.5 cm³/mol. The third kappa shape index (κ3) is 4.42. The Labute approximate surface area is 173 Å². The van der Waals surface area contributed by atoms with E-state index in [1.165, 1.54) is 4.90 Å². The molecule has 0 radical (unpaired) electrons. The lowest BCUT2D eigenvalue weighted by Gasteiger charge is -2.34. The molecule has 2 aromatic carbocycles. The summed E-state index contributed by atoms with van der Waals surface area (Å²) in [5, 5.41) is -0.294. The van der Waals surface area contributed by atoms with E-state index in [4.69, 9.17) is 11.6 Å². The van der Waals surface area contributed by atoms with Gasteiger partial charge in [0.2, 0.25) is 10.0 Å². The van der Waals surface area contributed by atoms with Crippen LogP contribution in [0.25, 0.3) is 0 Å². The molecule has 0 saturated carbocycles. The molecule has 162 valence electrons. The SMILES string of the molecule is O=C(c1cc(F)c(F)cc1Cl)N1CCN(S(=O)(=O)c2cccc(C(F)(F)F)c2)CC1. The standard InChI is InChI=1S/C18H14ClF5N2O3S/c19-14-10-16(21)15(20)9-13(14)17(27)25-4-6-26(7-5-25)30(28,29)12-3-1-2-11(8-12)18(22,23)24/h1-3,8-10H,4-7H2. The van der Waals surface area contributed by atoms with Crippen LogP contribution in [0.4, 0.5) is 22.0 Å². The molecule has 1 fully saturated rings. The van der Waals surface area contributed by atoms with E-state index < -0.39 is 44.2 Å². The van der Waals surface area contributed by atoms with Crippen LogP contribution in [0, 0.1) is 11.6 Å². The van der Waals surface area contributed by atoms with Crippen LogP contribution in [-0.4, -0.2) is 49.7 Å². The van der Waals surface area contributed by atoms with Gasteiger partial charge in [0.1, 0.15) is 0 Å². The number of benzene rings is 2. The average molecular weight is 469 g/mol. The molecule has 1 saturated heterocycles. The first-order valence-corrected chi connectivity index (χ1v) is 10.3. The van der Waals surface area contributed by atoms with Crippen molar-refractivity contribution in [2.75, 3.05) is 26.2 Å². The largest absolute Gasteiger partial charge is 0.416 e. The Morgan fingerprint density at radius 2 is 1.57 bits per heavy atom. The first kappa shape index (κ1) is 22.4. The van der Waals surface area contributed by atoms with Gasteiger partial charge in [0.05, 0.1) is 21.0 Å². The summed E-state index contributed by atoms with van der Waals surface area (Å²) in [6.45, 7) is -0.587.